The Morgan fingerprint density at radius 2 is 1.91 bits per heavy atom. The Morgan fingerprint density at radius 1 is 1.06 bits per heavy atom. The fourth-order valence-corrected chi connectivity index (χ4v) is 4.24. The number of amides is 1. The summed E-state index contributed by atoms with van der Waals surface area (Å²) in [4.78, 5) is 27.3. The summed E-state index contributed by atoms with van der Waals surface area (Å²) in [5.74, 6) is 1.29. The van der Waals surface area contributed by atoms with Crippen molar-refractivity contribution in [2.45, 2.75) is 6.04 Å². The van der Waals surface area contributed by atoms with Crippen LogP contribution in [0.4, 0.5) is 17.3 Å². The largest absolute Gasteiger partial charge is 0.352 e. The molecule has 9 nitrogen and oxygen atoms in total. The molecule has 35 heavy (non-hydrogen) atoms. The minimum Gasteiger partial charge on any atom is -0.352 e. The second kappa shape index (κ2) is 8.53. The van der Waals surface area contributed by atoms with Crippen LogP contribution < -0.4 is 15.5 Å². The molecule has 5 aromatic rings. The maximum absolute atomic E-state index is 11.5. The molecular weight excluding hydrogens is 440 g/mol. The molecule has 1 aliphatic heterocycles. The average molecular weight is 463 g/mol. The highest BCUT2D eigenvalue weighted by molar-refractivity contribution is 5.90. The number of anilines is 3. The van der Waals surface area contributed by atoms with Gasteiger partial charge in [0.1, 0.15) is 17.7 Å². The van der Waals surface area contributed by atoms with E-state index in [-0.39, 0.29) is 11.9 Å². The molecule has 1 fully saturated rings. The van der Waals surface area contributed by atoms with Gasteiger partial charge in [0.25, 0.3) is 0 Å². The van der Waals surface area contributed by atoms with Crippen LogP contribution in [0.3, 0.4) is 0 Å². The molecule has 172 valence electrons. The second-order valence-corrected chi connectivity index (χ2v) is 8.36. The van der Waals surface area contributed by atoms with Crippen molar-refractivity contribution in [1.29, 1.82) is 0 Å². The van der Waals surface area contributed by atoms with Gasteiger partial charge in [0, 0.05) is 24.2 Å². The van der Waals surface area contributed by atoms with Gasteiger partial charge >= 0.3 is 0 Å². The predicted octanol–water partition coefficient (Wildman–Crippen LogP) is 3.60. The van der Waals surface area contributed by atoms with Crippen LogP contribution in [0.2, 0.25) is 0 Å². The van der Waals surface area contributed by atoms with E-state index in [0.29, 0.717) is 24.4 Å². The number of benzene rings is 2. The number of carbonyl (C=O) groups excluding carboxylic acids is 1. The molecule has 2 N–H and O–H groups in total. The molecule has 0 unspecified atom stereocenters. The molecule has 1 amide bonds. The van der Waals surface area contributed by atoms with Gasteiger partial charge in [-0.05, 0) is 48.5 Å². The molecule has 6 rings (SSSR count). The molecule has 1 saturated heterocycles. The summed E-state index contributed by atoms with van der Waals surface area (Å²) in [6.45, 7) is 4.88. The Bertz CT molecular complexity index is 1560. The number of carbonyl (C=O) groups is 1. The molecule has 0 radical (unpaired) electrons. The monoisotopic (exact) mass is 462 g/mol. The highest BCUT2D eigenvalue weighted by Gasteiger charge is 2.28. The van der Waals surface area contributed by atoms with E-state index < -0.39 is 0 Å². The SMILES string of the molecule is C=CC(=O)NC1CN(c2ccc3ncnc(Nc4ccc5c(cnn5-c5ccccc5)c4)c3n2)C1. The molecule has 0 bridgehead atoms. The Labute approximate surface area is 201 Å². The summed E-state index contributed by atoms with van der Waals surface area (Å²) < 4.78 is 1.92. The first-order chi connectivity index (χ1) is 17.2. The molecule has 4 heterocycles. The van der Waals surface area contributed by atoms with E-state index >= 15 is 0 Å². The number of nitrogens with one attached hydrogen (secondary N) is 2. The lowest BCUT2D eigenvalue weighted by molar-refractivity contribution is -0.117. The van der Waals surface area contributed by atoms with E-state index in [0.717, 1.165) is 33.6 Å². The maximum Gasteiger partial charge on any atom is 0.243 e. The minimum absolute atomic E-state index is 0.0890. The topological polar surface area (TPSA) is 101 Å². The first-order valence-corrected chi connectivity index (χ1v) is 11.3. The first kappa shape index (κ1) is 20.8. The number of pyridine rings is 1. The fraction of sp³-hybridized carbons (Fsp3) is 0.115. The summed E-state index contributed by atoms with van der Waals surface area (Å²) in [6, 6.07) is 20.1. The number of rotatable bonds is 6. The van der Waals surface area contributed by atoms with Gasteiger partial charge in [-0.3, -0.25) is 4.79 Å². The van der Waals surface area contributed by atoms with Gasteiger partial charge in [-0.1, -0.05) is 24.8 Å². The molecule has 0 saturated carbocycles. The molecule has 0 spiro atoms. The Morgan fingerprint density at radius 3 is 2.74 bits per heavy atom. The summed E-state index contributed by atoms with van der Waals surface area (Å²) in [5.41, 5.74) is 4.35. The van der Waals surface area contributed by atoms with Crippen LogP contribution in [-0.4, -0.2) is 49.8 Å². The van der Waals surface area contributed by atoms with E-state index in [9.17, 15) is 4.79 Å². The highest BCUT2D eigenvalue weighted by atomic mass is 16.1. The highest BCUT2D eigenvalue weighted by Crippen LogP contribution is 2.28. The van der Waals surface area contributed by atoms with E-state index in [2.05, 4.69) is 37.2 Å². The van der Waals surface area contributed by atoms with Crippen molar-refractivity contribution in [2.24, 2.45) is 0 Å². The van der Waals surface area contributed by atoms with Crippen molar-refractivity contribution < 1.29 is 4.79 Å². The minimum atomic E-state index is -0.160. The number of aromatic nitrogens is 5. The molecule has 1 aliphatic rings. The second-order valence-electron chi connectivity index (χ2n) is 8.36. The van der Waals surface area contributed by atoms with Crippen molar-refractivity contribution in [3.05, 3.63) is 85.8 Å². The van der Waals surface area contributed by atoms with Gasteiger partial charge < -0.3 is 15.5 Å². The van der Waals surface area contributed by atoms with Crippen molar-refractivity contribution in [2.75, 3.05) is 23.3 Å². The van der Waals surface area contributed by atoms with Crippen LogP contribution in [0.25, 0.3) is 27.6 Å². The number of hydrogen-bond donors (Lipinski definition) is 2. The molecule has 0 atom stereocenters. The first-order valence-electron chi connectivity index (χ1n) is 11.3. The van der Waals surface area contributed by atoms with Crippen molar-refractivity contribution in [3.63, 3.8) is 0 Å². The van der Waals surface area contributed by atoms with E-state index in [1.165, 1.54) is 12.4 Å². The standard InChI is InChI=1S/C26H22N8O/c1-2-24(35)30-19-14-33(15-19)23-11-9-21-25(32-23)26(28-16-27-21)31-18-8-10-22-17(12-18)13-29-34(22)20-6-4-3-5-7-20/h2-13,16,19H,1,14-15H2,(H,30,35)(H,27,28,31). The van der Waals surface area contributed by atoms with Crippen LogP contribution in [0.1, 0.15) is 0 Å². The number of nitrogens with zero attached hydrogens (tertiary/aromatic N) is 6. The molecule has 0 aliphatic carbocycles. The third-order valence-corrected chi connectivity index (χ3v) is 6.04. The zero-order valence-corrected chi connectivity index (χ0v) is 18.8. The maximum atomic E-state index is 11.5. The van der Waals surface area contributed by atoms with Crippen LogP contribution in [-0.2, 0) is 4.79 Å². The van der Waals surface area contributed by atoms with Crippen molar-refractivity contribution in [1.82, 2.24) is 30.0 Å². The lowest BCUT2D eigenvalue weighted by Crippen LogP contribution is -2.59. The average Bonchev–Trinajstić information content (AvgIpc) is 3.29. The quantitative estimate of drug-likeness (QED) is 0.372. The van der Waals surface area contributed by atoms with Gasteiger partial charge in [-0.25, -0.2) is 19.6 Å². The zero-order valence-electron chi connectivity index (χ0n) is 18.8. The van der Waals surface area contributed by atoms with E-state index in [1.54, 1.807) is 0 Å². The van der Waals surface area contributed by atoms with E-state index in [4.69, 9.17) is 4.98 Å². The number of hydrogen-bond acceptors (Lipinski definition) is 7. The van der Waals surface area contributed by atoms with Crippen LogP contribution in [0.5, 0.6) is 0 Å². The van der Waals surface area contributed by atoms with Crippen LogP contribution >= 0.6 is 0 Å². The molecular formula is C26H22N8O. The molecule has 9 heteroatoms. The summed E-state index contributed by atoms with van der Waals surface area (Å²) >= 11 is 0. The van der Waals surface area contributed by atoms with Crippen molar-refractivity contribution in [3.8, 4) is 5.69 Å². The third kappa shape index (κ3) is 3.93. The van der Waals surface area contributed by atoms with Gasteiger partial charge in [0.2, 0.25) is 5.91 Å². The number of fused-ring (bicyclic) bond motifs is 2. The van der Waals surface area contributed by atoms with Crippen LogP contribution in [0.15, 0.2) is 85.8 Å². The molecule has 2 aromatic carbocycles. The Balaban J connectivity index is 1.26. The van der Waals surface area contributed by atoms with Crippen LogP contribution in [0, 0.1) is 0 Å². The normalized spacial score (nSPS) is 13.5. The predicted molar refractivity (Wildman–Crippen MR) is 136 cm³/mol. The van der Waals surface area contributed by atoms with Gasteiger partial charge in [-0.2, -0.15) is 5.10 Å². The molecule has 3 aromatic heterocycles. The zero-order chi connectivity index (χ0) is 23.8. The lowest BCUT2D eigenvalue weighted by atomic mass is 10.1. The summed E-state index contributed by atoms with van der Waals surface area (Å²) in [5, 5.41) is 11.9. The third-order valence-electron chi connectivity index (χ3n) is 6.04. The van der Waals surface area contributed by atoms with Gasteiger partial charge in [0.15, 0.2) is 5.82 Å². The van der Waals surface area contributed by atoms with E-state index in [1.807, 2.05) is 71.5 Å². The van der Waals surface area contributed by atoms with Gasteiger partial charge in [0.05, 0.1) is 29.0 Å². The Hall–Kier alpha value is -4.79. The number of para-hydroxylation sites is 1. The summed E-state index contributed by atoms with van der Waals surface area (Å²) in [6.07, 6.45) is 4.67. The van der Waals surface area contributed by atoms with Crippen molar-refractivity contribution >= 4 is 45.2 Å². The summed E-state index contributed by atoms with van der Waals surface area (Å²) in [7, 11) is 0. The smallest absolute Gasteiger partial charge is 0.243 e. The lowest BCUT2D eigenvalue weighted by Gasteiger charge is -2.40. The van der Waals surface area contributed by atoms with Gasteiger partial charge in [-0.15, -0.1) is 0 Å². The Kier molecular flexibility index (Phi) is 5.07. The fourth-order valence-electron chi connectivity index (χ4n) is 4.24.